The zero-order valence-electron chi connectivity index (χ0n) is 11.2. The second-order valence-corrected chi connectivity index (χ2v) is 4.27. The minimum absolute atomic E-state index is 0.237. The third-order valence-corrected chi connectivity index (χ3v) is 2.71. The van der Waals surface area contributed by atoms with E-state index in [1.54, 1.807) is 0 Å². The molecule has 20 heavy (non-hydrogen) atoms. The first-order valence-corrected chi connectivity index (χ1v) is 6.28. The van der Waals surface area contributed by atoms with Crippen LogP contribution in [0.5, 0.6) is 0 Å². The van der Waals surface area contributed by atoms with Crippen LogP contribution < -0.4 is 5.32 Å². The number of carbonyl (C=O) groups is 1. The van der Waals surface area contributed by atoms with Crippen LogP contribution in [0.15, 0.2) is 18.2 Å². The van der Waals surface area contributed by atoms with Gasteiger partial charge < -0.3 is 10.1 Å². The van der Waals surface area contributed by atoms with Gasteiger partial charge in [-0.2, -0.15) is 0 Å². The zero-order chi connectivity index (χ0) is 15.0. The van der Waals surface area contributed by atoms with Crippen molar-refractivity contribution in [3.05, 3.63) is 34.1 Å². The van der Waals surface area contributed by atoms with Gasteiger partial charge in [0, 0.05) is 24.7 Å². The average molecular weight is 284 g/mol. The van der Waals surface area contributed by atoms with Crippen molar-refractivity contribution in [1.29, 1.82) is 0 Å². The summed E-state index contributed by atoms with van der Waals surface area (Å²) in [4.78, 5) is 20.8. The fraction of sp³-hybridized carbons (Fsp3) is 0.462. The Hall–Kier alpha value is -2.18. The molecule has 0 spiro atoms. The van der Waals surface area contributed by atoms with Crippen LogP contribution in [0.25, 0.3) is 0 Å². The fourth-order valence-corrected chi connectivity index (χ4v) is 1.69. The maximum absolute atomic E-state index is 13.1. The number of unbranched alkanes of at least 4 members (excludes halogenated alkanes) is 2. The fourth-order valence-electron chi connectivity index (χ4n) is 1.69. The lowest BCUT2D eigenvalue weighted by Gasteiger charge is -2.06. The van der Waals surface area contributed by atoms with Gasteiger partial charge in [-0.3, -0.25) is 14.9 Å². The van der Waals surface area contributed by atoms with Crippen LogP contribution in [-0.2, 0) is 9.53 Å². The lowest BCUT2D eigenvalue weighted by Crippen LogP contribution is -2.04. The number of nitro benzene ring substituents is 1. The third kappa shape index (κ3) is 5.64. The Kier molecular flexibility index (Phi) is 6.42. The topological polar surface area (TPSA) is 81.5 Å². The molecule has 0 aliphatic heterocycles. The lowest BCUT2D eigenvalue weighted by atomic mass is 10.2. The van der Waals surface area contributed by atoms with Crippen molar-refractivity contribution in [2.45, 2.75) is 25.7 Å². The van der Waals surface area contributed by atoms with Gasteiger partial charge in [0.25, 0.3) is 5.69 Å². The molecule has 1 aromatic carbocycles. The molecule has 0 radical (unpaired) electrons. The van der Waals surface area contributed by atoms with Crippen LogP contribution in [0.1, 0.15) is 25.7 Å². The van der Waals surface area contributed by atoms with Crippen LogP contribution in [0.3, 0.4) is 0 Å². The standard InChI is InChI=1S/C13H17FN2O4/c1-20-13(17)5-3-2-4-6-15-11-7-10(14)8-12(9-11)16(18)19/h7-9,15H,2-6H2,1H3. The number of ether oxygens (including phenoxy) is 1. The van der Waals surface area contributed by atoms with Crippen molar-refractivity contribution in [3.8, 4) is 0 Å². The van der Waals surface area contributed by atoms with E-state index in [-0.39, 0.29) is 11.7 Å². The number of esters is 1. The maximum Gasteiger partial charge on any atom is 0.305 e. The quantitative estimate of drug-likeness (QED) is 0.343. The summed E-state index contributed by atoms with van der Waals surface area (Å²) >= 11 is 0. The molecule has 0 amide bonds. The highest BCUT2D eigenvalue weighted by Crippen LogP contribution is 2.20. The van der Waals surface area contributed by atoms with Gasteiger partial charge in [-0.15, -0.1) is 0 Å². The summed E-state index contributed by atoms with van der Waals surface area (Å²) in [6.45, 7) is 0.557. The molecule has 0 aromatic heterocycles. The summed E-state index contributed by atoms with van der Waals surface area (Å²) < 4.78 is 17.7. The van der Waals surface area contributed by atoms with Crippen molar-refractivity contribution in [2.75, 3.05) is 19.0 Å². The summed E-state index contributed by atoms with van der Waals surface area (Å²) in [6.07, 6.45) is 2.69. The number of nitrogens with one attached hydrogen (secondary N) is 1. The number of methoxy groups -OCH3 is 1. The van der Waals surface area contributed by atoms with Crippen molar-refractivity contribution in [2.24, 2.45) is 0 Å². The number of benzene rings is 1. The highest BCUT2D eigenvalue weighted by atomic mass is 19.1. The van der Waals surface area contributed by atoms with Crippen molar-refractivity contribution in [3.63, 3.8) is 0 Å². The predicted octanol–water partition coefficient (Wildman–Crippen LogP) is 2.88. The number of carbonyl (C=O) groups excluding carboxylic acids is 1. The normalized spacial score (nSPS) is 10.1. The number of halogens is 1. The molecule has 0 aliphatic carbocycles. The molecule has 0 heterocycles. The van der Waals surface area contributed by atoms with Crippen molar-refractivity contribution >= 4 is 17.3 Å². The van der Waals surface area contributed by atoms with E-state index < -0.39 is 10.7 Å². The molecule has 0 bridgehead atoms. The molecule has 1 aromatic rings. The maximum atomic E-state index is 13.1. The van der Waals surface area contributed by atoms with Gasteiger partial charge in [0.1, 0.15) is 5.82 Å². The first-order valence-electron chi connectivity index (χ1n) is 6.28. The van der Waals surface area contributed by atoms with Crippen molar-refractivity contribution in [1.82, 2.24) is 0 Å². The monoisotopic (exact) mass is 284 g/mol. The molecule has 0 aliphatic rings. The van der Waals surface area contributed by atoms with E-state index in [1.165, 1.54) is 19.2 Å². The zero-order valence-corrected chi connectivity index (χ0v) is 11.2. The molecule has 0 saturated carbocycles. The van der Waals surface area contributed by atoms with E-state index in [2.05, 4.69) is 10.1 Å². The number of non-ortho nitro benzene ring substituents is 1. The van der Waals surface area contributed by atoms with E-state index >= 15 is 0 Å². The molecule has 0 fully saturated rings. The summed E-state index contributed by atoms with van der Waals surface area (Å²) in [5, 5.41) is 13.5. The first-order chi connectivity index (χ1) is 9.52. The van der Waals surface area contributed by atoms with Gasteiger partial charge in [-0.25, -0.2) is 4.39 Å². The minimum Gasteiger partial charge on any atom is -0.469 e. The SMILES string of the molecule is COC(=O)CCCCCNc1cc(F)cc([N+](=O)[O-])c1. The minimum atomic E-state index is -0.646. The molecule has 6 nitrogen and oxygen atoms in total. The van der Waals surface area contributed by atoms with Crippen LogP contribution in [0.2, 0.25) is 0 Å². The van der Waals surface area contributed by atoms with Crippen LogP contribution in [0.4, 0.5) is 15.8 Å². The highest BCUT2D eigenvalue weighted by Gasteiger charge is 2.09. The summed E-state index contributed by atoms with van der Waals surface area (Å²) in [5.74, 6) is -0.883. The first kappa shape index (κ1) is 15.9. The van der Waals surface area contributed by atoms with E-state index in [4.69, 9.17) is 0 Å². The van der Waals surface area contributed by atoms with Crippen molar-refractivity contribution < 1.29 is 18.8 Å². The van der Waals surface area contributed by atoms with E-state index in [1.807, 2.05) is 0 Å². The Morgan fingerprint density at radius 1 is 1.35 bits per heavy atom. The van der Waals surface area contributed by atoms with Crippen LogP contribution in [-0.4, -0.2) is 24.5 Å². The summed E-state index contributed by atoms with van der Waals surface area (Å²) in [6, 6.07) is 3.38. The van der Waals surface area contributed by atoms with Crippen LogP contribution >= 0.6 is 0 Å². The average Bonchev–Trinajstić information content (AvgIpc) is 2.41. The largest absolute Gasteiger partial charge is 0.469 e. The van der Waals surface area contributed by atoms with Crippen LogP contribution in [0, 0.1) is 15.9 Å². The van der Waals surface area contributed by atoms with E-state index in [9.17, 15) is 19.3 Å². The van der Waals surface area contributed by atoms with Gasteiger partial charge in [0.05, 0.1) is 18.1 Å². The lowest BCUT2D eigenvalue weighted by molar-refractivity contribution is -0.385. The number of hydrogen-bond donors (Lipinski definition) is 1. The highest BCUT2D eigenvalue weighted by molar-refractivity contribution is 5.68. The van der Waals surface area contributed by atoms with Gasteiger partial charge in [-0.1, -0.05) is 6.42 Å². The summed E-state index contributed by atoms with van der Waals surface area (Å²) in [5.41, 5.74) is 0.0999. The number of hydrogen-bond acceptors (Lipinski definition) is 5. The van der Waals surface area contributed by atoms with Gasteiger partial charge in [0.2, 0.25) is 0 Å². The van der Waals surface area contributed by atoms with E-state index in [0.717, 1.165) is 25.3 Å². The molecule has 110 valence electrons. The number of nitro groups is 1. The van der Waals surface area contributed by atoms with E-state index in [0.29, 0.717) is 18.7 Å². The molecule has 0 saturated heterocycles. The van der Waals surface area contributed by atoms with Gasteiger partial charge in [-0.05, 0) is 18.9 Å². The smallest absolute Gasteiger partial charge is 0.305 e. The molecule has 1 N–H and O–H groups in total. The second-order valence-electron chi connectivity index (χ2n) is 4.27. The Bertz CT molecular complexity index is 479. The van der Waals surface area contributed by atoms with Gasteiger partial charge >= 0.3 is 5.97 Å². The molecule has 7 heteroatoms. The predicted molar refractivity (Wildman–Crippen MR) is 72.0 cm³/mol. The number of nitrogens with zero attached hydrogens (tertiary/aromatic N) is 1. The Balaban J connectivity index is 2.32. The molecular weight excluding hydrogens is 267 g/mol. The second kappa shape index (κ2) is 8.08. The molecular formula is C13H17FN2O4. The Morgan fingerprint density at radius 3 is 2.75 bits per heavy atom. The number of rotatable bonds is 8. The number of anilines is 1. The van der Waals surface area contributed by atoms with Gasteiger partial charge in [0.15, 0.2) is 0 Å². The molecule has 1 rings (SSSR count). The Morgan fingerprint density at radius 2 is 2.10 bits per heavy atom. The third-order valence-electron chi connectivity index (χ3n) is 2.71. The molecule has 0 atom stereocenters. The Labute approximate surface area is 116 Å². The summed E-state index contributed by atoms with van der Waals surface area (Å²) in [7, 11) is 1.35. The molecule has 0 unspecified atom stereocenters.